The van der Waals surface area contributed by atoms with Crippen LogP contribution in [0, 0.1) is 13.8 Å². The first-order valence-electron chi connectivity index (χ1n) is 7.71. The standard InChI is InChI=1S/C17H18ClN3O2S2/c1-12-16(11-25(22,23)10-15-9-24-13(2)19-15)17(18)21(20-12)8-14-6-4-3-5-7-14/h3-7,9H,8,10-11H2,1-2H3. The van der Waals surface area contributed by atoms with Crippen LogP contribution in [0.3, 0.4) is 0 Å². The smallest absolute Gasteiger partial charge is 0.160 e. The van der Waals surface area contributed by atoms with Crippen molar-refractivity contribution in [2.24, 2.45) is 0 Å². The molecule has 8 heteroatoms. The van der Waals surface area contributed by atoms with Crippen LogP contribution < -0.4 is 0 Å². The molecule has 0 unspecified atom stereocenters. The number of aromatic nitrogens is 3. The number of hydrogen-bond acceptors (Lipinski definition) is 5. The van der Waals surface area contributed by atoms with E-state index < -0.39 is 9.84 Å². The predicted molar refractivity (Wildman–Crippen MR) is 101 cm³/mol. The summed E-state index contributed by atoms with van der Waals surface area (Å²) in [7, 11) is -3.37. The Morgan fingerprint density at radius 3 is 2.52 bits per heavy atom. The van der Waals surface area contributed by atoms with Crippen molar-refractivity contribution < 1.29 is 8.42 Å². The Balaban J connectivity index is 1.80. The summed E-state index contributed by atoms with van der Waals surface area (Å²) in [6.07, 6.45) is 0. The number of aryl methyl sites for hydroxylation is 2. The molecule has 0 aliphatic carbocycles. The quantitative estimate of drug-likeness (QED) is 0.637. The Kier molecular flexibility index (Phi) is 5.27. The first-order valence-corrected chi connectivity index (χ1v) is 10.8. The lowest BCUT2D eigenvalue weighted by molar-refractivity contribution is 0.594. The average molecular weight is 396 g/mol. The van der Waals surface area contributed by atoms with Crippen molar-refractivity contribution in [2.45, 2.75) is 31.9 Å². The summed E-state index contributed by atoms with van der Waals surface area (Å²) in [5.74, 6) is -0.222. The maximum Gasteiger partial charge on any atom is 0.160 e. The molecule has 5 nitrogen and oxygen atoms in total. The zero-order valence-corrected chi connectivity index (χ0v) is 16.3. The second-order valence-corrected chi connectivity index (χ2v) is 9.37. The molecule has 0 aliphatic heterocycles. The van der Waals surface area contributed by atoms with E-state index in [-0.39, 0.29) is 11.5 Å². The van der Waals surface area contributed by atoms with Gasteiger partial charge in [0.2, 0.25) is 0 Å². The monoisotopic (exact) mass is 395 g/mol. The molecule has 3 aromatic rings. The van der Waals surface area contributed by atoms with Crippen LogP contribution in [0.1, 0.15) is 27.5 Å². The number of hydrogen-bond donors (Lipinski definition) is 0. The van der Waals surface area contributed by atoms with Crippen molar-refractivity contribution in [3.05, 3.63) is 68.4 Å². The van der Waals surface area contributed by atoms with Crippen molar-refractivity contribution in [3.63, 3.8) is 0 Å². The molecule has 3 rings (SSSR count). The molecule has 0 fully saturated rings. The topological polar surface area (TPSA) is 64.8 Å². The summed E-state index contributed by atoms with van der Waals surface area (Å²) in [6, 6.07) is 9.79. The van der Waals surface area contributed by atoms with Gasteiger partial charge in [0, 0.05) is 10.9 Å². The van der Waals surface area contributed by atoms with Gasteiger partial charge in [-0.05, 0) is 19.4 Å². The fourth-order valence-corrected chi connectivity index (χ4v) is 5.17. The second kappa shape index (κ2) is 7.27. The van der Waals surface area contributed by atoms with Crippen LogP contribution in [0.25, 0.3) is 0 Å². The van der Waals surface area contributed by atoms with Gasteiger partial charge in [-0.3, -0.25) is 0 Å². The van der Waals surface area contributed by atoms with E-state index in [1.165, 1.54) is 11.3 Å². The van der Waals surface area contributed by atoms with Crippen molar-refractivity contribution in [1.82, 2.24) is 14.8 Å². The minimum Gasteiger partial charge on any atom is -0.249 e. The lowest BCUT2D eigenvalue weighted by Gasteiger charge is -2.05. The number of nitrogens with zero attached hydrogens (tertiary/aromatic N) is 3. The SMILES string of the molecule is Cc1nc(CS(=O)(=O)Cc2c(C)nn(Cc3ccccc3)c2Cl)cs1. The highest BCUT2D eigenvalue weighted by atomic mass is 35.5. The summed E-state index contributed by atoms with van der Waals surface area (Å²) in [4.78, 5) is 4.23. The van der Waals surface area contributed by atoms with E-state index in [0.29, 0.717) is 28.6 Å². The number of benzene rings is 1. The van der Waals surface area contributed by atoms with Crippen LogP contribution in [0.5, 0.6) is 0 Å². The number of halogens is 1. The third kappa shape index (κ3) is 4.48. The summed E-state index contributed by atoms with van der Waals surface area (Å²) < 4.78 is 26.7. The van der Waals surface area contributed by atoms with Gasteiger partial charge < -0.3 is 0 Å². The highest BCUT2D eigenvalue weighted by molar-refractivity contribution is 7.89. The van der Waals surface area contributed by atoms with Gasteiger partial charge in [-0.15, -0.1) is 11.3 Å². The van der Waals surface area contributed by atoms with Crippen LogP contribution >= 0.6 is 22.9 Å². The molecule has 0 aliphatic rings. The molecule has 0 saturated carbocycles. The Bertz CT molecular complexity index is 979. The maximum atomic E-state index is 12.5. The molecule has 0 radical (unpaired) electrons. The van der Waals surface area contributed by atoms with Gasteiger partial charge >= 0.3 is 0 Å². The van der Waals surface area contributed by atoms with Crippen molar-refractivity contribution in [3.8, 4) is 0 Å². The molecular weight excluding hydrogens is 378 g/mol. The first kappa shape index (κ1) is 18.1. The molecule has 0 saturated heterocycles. The Labute approximate surface area is 156 Å². The molecule has 2 aromatic heterocycles. The van der Waals surface area contributed by atoms with E-state index in [2.05, 4.69) is 10.1 Å². The van der Waals surface area contributed by atoms with Gasteiger partial charge in [0.25, 0.3) is 0 Å². The largest absolute Gasteiger partial charge is 0.249 e. The number of sulfone groups is 1. The summed E-state index contributed by atoms with van der Waals surface area (Å²) >= 11 is 7.86. The summed E-state index contributed by atoms with van der Waals surface area (Å²) in [5, 5.41) is 7.42. The predicted octanol–water partition coefficient (Wildman–Crippen LogP) is 3.77. The van der Waals surface area contributed by atoms with Crippen LogP contribution in [0.4, 0.5) is 0 Å². The second-order valence-electron chi connectivity index (χ2n) is 5.89. The minimum atomic E-state index is -3.37. The van der Waals surface area contributed by atoms with Crippen LogP contribution in [0.15, 0.2) is 35.7 Å². The van der Waals surface area contributed by atoms with Crippen LogP contribution in [0.2, 0.25) is 5.15 Å². The van der Waals surface area contributed by atoms with Gasteiger partial charge in [-0.1, -0.05) is 41.9 Å². The molecule has 1 aromatic carbocycles. The fourth-order valence-electron chi connectivity index (χ4n) is 2.59. The van der Waals surface area contributed by atoms with E-state index in [0.717, 1.165) is 10.6 Å². The molecule has 0 bridgehead atoms. The van der Waals surface area contributed by atoms with Crippen molar-refractivity contribution in [1.29, 1.82) is 0 Å². The third-order valence-corrected chi connectivity index (χ3v) is 6.47. The zero-order valence-electron chi connectivity index (χ0n) is 13.9. The van der Waals surface area contributed by atoms with E-state index >= 15 is 0 Å². The van der Waals surface area contributed by atoms with Crippen LogP contribution in [-0.4, -0.2) is 23.2 Å². The molecule has 132 valence electrons. The number of thiazole rings is 1. The summed E-state index contributed by atoms with van der Waals surface area (Å²) in [5.41, 5.74) is 2.83. The Morgan fingerprint density at radius 1 is 1.16 bits per heavy atom. The Hall–Kier alpha value is -1.70. The summed E-state index contributed by atoms with van der Waals surface area (Å²) in [6.45, 7) is 4.15. The lowest BCUT2D eigenvalue weighted by Crippen LogP contribution is -2.09. The van der Waals surface area contributed by atoms with E-state index in [1.54, 1.807) is 17.0 Å². The van der Waals surface area contributed by atoms with Crippen molar-refractivity contribution >= 4 is 32.8 Å². The lowest BCUT2D eigenvalue weighted by atomic mass is 10.2. The first-order chi connectivity index (χ1) is 11.8. The Morgan fingerprint density at radius 2 is 1.88 bits per heavy atom. The molecule has 0 atom stereocenters. The van der Waals surface area contributed by atoms with Gasteiger partial charge in [0.05, 0.1) is 34.4 Å². The van der Waals surface area contributed by atoms with E-state index in [9.17, 15) is 8.42 Å². The highest BCUT2D eigenvalue weighted by Gasteiger charge is 2.22. The van der Waals surface area contributed by atoms with E-state index in [4.69, 9.17) is 11.6 Å². The average Bonchev–Trinajstić information content (AvgIpc) is 3.06. The fraction of sp³-hybridized carbons (Fsp3) is 0.294. The molecule has 0 spiro atoms. The highest BCUT2D eigenvalue weighted by Crippen LogP contribution is 2.24. The third-order valence-electron chi connectivity index (χ3n) is 3.76. The van der Waals surface area contributed by atoms with Crippen molar-refractivity contribution in [2.75, 3.05) is 0 Å². The molecule has 25 heavy (non-hydrogen) atoms. The zero-order chi connectivity index (χ0) is 18.0. The normalized spacial score (nSPS) is 11.8. The molecule has 0 N–H and O–H groups in total. The molecular formula is C17H18ClN3O2S2. The van der Waals surface area contributed by atoms with Crippen LogP contribution in [-0.2, 0) is 27.9 Å². The van der Waals surface area contributed by atoms with Gasteiger partial charge in [0.1, 0.15) is 5.15 Å². The van der Waals surface area contributed by atoms with Gasteiger partial charge in [0.15, 0.2) is 9.84 Å². The minimum absolute atomic E-state index is 0.0863. The number of rotatable bonds is 6. The van der Waals surface area contributed by atoms with Gasteiger partial charge in [-0.25, -0.2) is 18.1 Å². The molecule has 2 heterocycles. The maximum absolute atomic E-state index is 12.5. The molecule has 0 amide bonds. The van der Waals surface area contributed by atoms with Gasteiger partial charge in [-0.2, -0.15) is 5.10 Å². The van der Waals surface area contributed by atoms with E-state index in [1.807, 2.05) is 37.3 Å².